The number of hydrogen-bond acceptors (Lipinski definition) is 5. The van der Waals surface area contributed by atoms with Crippen LogP contribution in [0.4, 0.5) is 0 Å². The fourth-order valence-electron chi connectivity index (χ4n) is 1.95. The first-order chi connectivity index (χ1) is 9.27. The second-order valence-electron chi connectivity index (χ2n) is 4.41. The van der Waals surface area contributed by atoms with Gasteiger partial charge in [-0.15, -0.1) is 0 Å². The fraction of sp³-hybridized carbons (Fsp3) is 0.692. The number of aliphatic hydroxyl groups excluding tert-OH is 1. The van der Waals surface area contributed by atoms with E-state index < -0.39 is 0 Å². The van der Waals surface area contributed by atoms with Gasteiger partial charge in [0.2, 0.25) is 0 Å². The van der Waals surface area contributed by atoms with Crippen molar-refractivity contribution in [3.63, 3.8) is 0 Å². The lowest BCUT2D eigenvalue weighted by atomic mass is 10.2. The summed E-state index contributed by atoms with van der Waals surface area (Å²) < 4.78 is 5.04. The first-order valence-corrected chi connectivity index (χ1v) is 6.61. The van der Waals surface area contributed by atoms with Gasteiger partial charge in [-0.2, -0.15) is 5.26 Å². The number of carbonyl (C=O) groups excluding carboxylic acids is 1. The predicted octanol–water partition coefficient (Wildman–Crippen LogP) is 0.0512. The van der Waals surface area contributed by atoms with Crippen molar-refractivity contribution in [2.45, 2.75) is 31.7 Å². The molecule has 0 saturated heterocycles. The van der Waals surface area contributed by atoms with E-state index in [1.807, 2.05) is 6.07 Å². The molecule has 1 aliphatic carbocycles. The Morgan fingerprint density at radius 2 is 2.16 bits per heavy atom. The lowest BCUT2D eigenvalue weighted by Gasteiger charge is -2.11. The molecule has 0 aromatic heterocycles. The highest BCUT2D eigenvalue weighted by Crippen LogP contribution is 2.17. The van der Waals surface area contributed by atoms with Crippen LogP contribution < -0.4 is 10.6 Å². The molecule has 0 aromatic carbocycles. The maximum absolute atomic E-state index is 11.8. The van der Waals surface area contributed by atoms with E-state index in [1.165, 1.54) is 6.20 Å². The molecule has 1 amide bonds. The Labute approximate surface area is 113 Å². The van der Waals surface area contributed by atoms with E-state index in [1.54, 1.807) is 0 Å². The molecule has 3 N–H and O–H groups in total. The normalized spacial score (nSPS) is 16.1. The summed E-state index contributed by atoms with van der Waals surface area (Å²) in [6, 6.07) is 2.09. The molecule has 1 saturated carbocycles. The van der Waals surface area contributed by atoms with Crippen LogP contribution in [0.5, 0.6) is 0 Å². The molecule has 106 valence electrons. The number of nitriles is 1. The van der Waals surface area contributed by atoms with Crippen LogP contribution in [-0.4, -0.2) is 43.4 Å². The zero-order valence-corrected chi connectivity index (χ0v) is 11.0. The van der Waals surface area contributed by atoms with Gasteiger partial charge >= 0.3 is 0 Å². The molecule has 1 aliphatic rings. The van der Waals surface area contributed by atoms with Gasteiger partial charge in [-0.25, -0.2) is 0 Å². The Hall–Kier alpha value is -1.58. The van der Waals surface area contributed by atoms with Gasteiger partial charge in [-0.3, -0.25) is 4.79 Å². The summed E-state index contributed by atoms with van der Waals surface area (Å²) in [5.41, 5.74) is 0.0778. The zero-order valence-electron chi connectivity index (χ0n) is 11.0. The largest absolute Gasteiger partial charge is 0.394 e. The molecular formula is C13H21N3O3. The van der Waals surface area contributed by atoms with Crippen LogP contribution >= 0.6 is 0 Å². The maximum atomic E-state index is 11.8. The second-order valence-corrected chi connectivity index (χ2v) is 4.41. The molecule has 1 fully saturated rings. The van der Waals surface area contributed by atoms with E-state index in [-0.39, 0.29) is 24.1 Å². The topological polar surface area (TPSA) is 94.4 Å². The van der Waals surface area contributed by atoms with Crippen molar-refractivity contribution in [1.29, 1.82) is 5.26 Å². The summed E-state index contributed by atoms with van der Waals surface area (Å²) in [7, 11) is 0. The quantitative estimate of drug-likeness (QED) is 0.328. The molecule has 6 heteroatoms. The van der Waals surface area contributed by atoms with Gasteiger partial charge in [0.1, 0.15) is 11.6 Å². The van der Waals surface area contributed by atoms with Gasteiger partial charge in [-0.05, 0) is 12.8 Å². The standard InChI is InChI=1S/C13H21N3O3/c14-9-11(10-15-5-7-19-8-6-17)13(18)16-12-3-1-2-4-12/h10,12,15,17H,1-8H2,(H,16,18)/b11-10-. The van der Waals surface area contributed by atoms with Crippen molar-refractivity contribution in [2.75, 3.05) is 26.4 Å². The van der Waals surface area contributed by atoms with Crippen LogP contribution in [0.1, 0.15) is 25.7 Å². The van der Waals surface area contributed by atoms with Crippen molar-refractivity contribution >= 4 is 5.91 Å². The molecule has 0 unspecified atom stereocenters. The average molecular weight is 267 g/mol. The van der Waals surface area contributed by atoms with Crippen molar-refractivity contribution in [1.82, 2.24) is 10.6 Å². The zero-order chi connectivity index (χ0) is 13.9. The molecule has 0 heterocycles. The van der Waals surface area contributed by atoms with Crippen molar-refractivity contribution in [3.8, 4) is 6.07 Å². The lowest BCUT2D eigenvalue weighted by molar-refractivity contribution is -0.117. The van der Waals surface area contributed by atoms with E-state index in [4.69, 9.17) is 15.1 Å². The first kappa shape index (κ1) is 15.5. The van der Waals surface area contributed by atoms with Crippen LogP contribution in [0.25, 0.3) is 0 Å². The van der Waals surface area contributed by atoms with Gasteiger partial charge in [0.25, 0.3) is 5.91 Å². The molecule has 0 aromatic rings. The van der Waals surface area contributed by atoms with Crippen molar-refractivity contribution in [2.24, 2.45) is 0 Å². The Bertz CT molecular complexity index is 344. The van der Waals surface area contributed by atoms with Gasteiger partial charge in [0, 0.05) is 18.8 Å². The minimum atomic E-state index is -0.321. The SMILES string of the molecule is N#C/C(=C/NCCOCCO)C(=O)NC1CCCC1. The Balaban J connectivity index is 2.26. The minimum absolute atomic E-state index is 0.0108. The van der Waals surface area contributed by atoms with Crippen LogP contribution in [0.2, 0.25) is 0 Å². The summed E-state index contributed by atoms with van der Waals surface area (Å²) in [5, 5.41) is 23.1. The highest BCUT2D eigenvalue weighted by molar-refractivity contribution is 5.97. The Morgan fingerprint density at radius 3 is 2.79 bits per heavy atom. The van der Waals surface area contributed by atoms with Gasteiger partial charge < -0.3 is 20.5 Å². The smallest absolute Gasteiger partial charge is 0.263 e. The van der Waals surface area contributed by atoms with Gasteiger partial charge in [-0.1, -0.05) is 12.8 Å². The van der Waals surface area contributed by atoms with E-state index in [0.29, 0.717) is 19.8 Å². The van der Waals surface area contributed by atoms with Gasteiger partial charge in [0.15, 0.2) is 0 Å². The monoisotopic (exact) mass is 267 g/mol. The number of ether oxygens (including phenoxy) is 1. The van der Waals surface area contributed by atoms with Crippen LogP contribution in [0.3, 0.4) is 0 Å². The van der Waals surface area contributed by atoms with E-state index in [2.05, 4.69) is 10.6 Å². The van der Waals surface area contributed by atoms with Crippen LogP contribution in [0.15, 0.2) is 11.8 Å². The summed E-state index contributed by atoms with van der Waals surface area (Å²) in [6.45, 7) is 1.18. The number of nitrogens with one attached hydrogen (secondary N) is 2. The molecular weight excluding hydrogens is 246 g/mol. The molecule has 0 spiro atoms. The summed E-state index contributed by atoms with van der Waals surface area (Å²) in [4.78, 5) is 11.8. The summed E-state index contributed by atoms with van der Waals surface area (Å²) in [5.74, 6) is -0.321. The van der Waals surface area contributed by atoms with Crippen molar-refractivity contribution in [3.05, 3.63) is 11.8 Å². The molecule has 0 aliphatic heterocycles. The van der Waals surface area contributed by atoms with E-state index >= 15 is 0 Å². The predicted molar refractivity (Wildman–Crippen MR) is 70.0 cm³/mol. The first-order valence-electron chi connectivity index (χ1n) is 6.61. The second kappa shape index (κ2) is 9.36. The average Bonchev–Trinajstić information content (AvgIpc) is 2.90. The third-order valence-corrected chi connectivity index (χ3v) is 2.93. The third kappa shape index (κ3) is 6.22. The highest BCUT2D eigenvalue weighted by atomic mass is 16.5. The van der Waals surface area contributed by atoms with Crippen LogP contribution in [-0.2, 0) is 9.53 Å². The van der Waals surface area contributed by atoms with Crippen molar-refractivity contribution < 1.29 is 14.6 Å². The summed E-state index contributed by atoms with van der Waals surface area (Å²) >= 11 is 0. The molecule has 0 atom stereocenters. The molecule has 19 heavy (non-hydrogen) atoms. The highest BCUT2D eigenvalue weighted by Gasteiger charge is 2.18. The molecule has 0 bridgehead atoms. The minimum Gasteiger partial charge on any atom is -0.394 e. The fourth-order valence-corrected chi connectivity index (χ4v) is 1.95. The molecule has 0 radical (unpaired) electrons. The summed E-state index contributed by atoms with van der Waals surface area (Å²) in [6.07, 6.45) is 5.67. The Kier molecular flexibility index (Phi) is 7.63. The number of nitrogens with zero attached hydrogens (tertiary/aromatic N) is 1. The number of amides is 1. The number of aliphatic hydroxyl groups is 1. The number of carbonyl (C=O) groups is 1. The lowest BCUT2D eigenvalue weighted by Crippen LogP contribution is -2.34. The maximum Gasteiger partial charge on any atom is 0.263 e. The number of rotatable bonds is 8. The Morgan fingerprint density at radius 1 is 1.42 bits per heavy atom. The number of hydrogen-bond donors (Lipinski definition) is 3. The van der Waals surface area contributed by atoms with Crippen LogP contribution in [0, 0.1) is 11.3 Å². The third-order valence-electron chi connectivity index (χ3n) is 2.93. The van der Waals surface area contributed by atoms with E-state index in [0.717, 1.165) is 25.7 Å². The molecule has 6 nitrogen and oxygen atoms in total. The molecule has 1 rings (SSSR count). The van der Waals surface area contributed by atoms with Gasteiger partial charge in [0.05, 0.1) is 19.8 Å². The van der Waals surface area contributed by atoms with E-state index in [9.17, 15) is 4.79 Å².